The molecule has 2 atom stereocenters. The van der Waals surface area contributed by atoms with Gasteiger partial charge in [0.1, 0.15) is 6.10 Å². The van der Waals surface area contributed by atoms with Gasteiger partial charge in [-0.05, 0) is 42.7 Å². The first-order chi connectivity index (χ1) is 12.1. The maximum atomic E-state index is 12.3. The van der Waals surface area contributed by atoms with Crippen molar-refractivity contribution in [3.63, 3.8) is 0 Å². The molecule has 1 aliphatic heterocycles. The number of para-hydroxylation sites is 1. The molecule has 1 fully saturated rings. The summed E-state index contributed by atoms with van der Waals surface area (Å²) in [4.78, 5) is 17.4. The number of rotatable bonds is 4. The molecule has 128 valence electrons. The lowest BCUT2D eigenvalue weighted by molar-refractivity contribution is 0.129. The fourth-order valence-electron chi connectivity index (χ4n) is 3.45. The Bertz CT molecular complexity index is 921. The lowest BCUT2D eigenvalue weighted by Gasteiger charge is -2.21. The van der Waals surface area contributed by atoms with Gasteiger partial charge in [0.2, 0.25) is 0 Å². The van der Waals surface area contributed by atoms with Gasteiger partial charge >= 0.3 is 6.09 Å². The molecule has 3 aromatic rings. The van der Waals surface area contributed by atoms with Crippen molar-refractivity contribution in [1.29, 1.82) is 0 Å². The van der Waals surface area contributed by atoms with Crippen LogP contribution in [0.25, 0.3) is 10.9 Å². The number of ether oxygens (including phenoxy) is 1. The molecular formula is C20H19ClN2O2. The maximum Gasteiger partial charge on any atom is 0.410 e. The van der Waals surface area contributed by atoms with Crippen molar-refractivity contribution in [3.8, 4) is 0 Å². The van der Waals surface area contributed by atoms with E-state index < -0.39 is 0 Å². The summed E-state index contributed by atoms with van der Waals surface area (Å²) in [6, 6.07) is 15.8. The van der Waals surface area contributed by atoms with Gasteiger partial charge in [0.05, 0.1) is 6.54 Å². The zero-order chi connectivity index (χ0) is 17.4. The van der Waals surface area contributed by atoms with Crippen LogP contribution in [0, 0.1) is 0 Å². The van der Waals surface area contributed by atoms with Gasteiger partial charge in [0.15, 0.2) is 0 Å². The number of amides is 1. The summed E-state index contributed by atoms with van der Waals surface area (Å²) >= 11 is 6.05. The Morgan fingerprint density at radius 3 is 2.96 bits per heavy atom. The molecule has 5 heteroatoms. The first-order valence-corrected chi connectivity index (χ1v) is 8.77. The first kappa shape index (κ1) is 16.0. The topological polar surface area (TPSA) is 45.3 Å². The van der Waals surface area contributed by atoms with Crippen molar-refractivity contribution in [2.45, 2.75) is 25.5 Å². The Morgan fingerprint density at radius 2 is 2.12 bits per heavy atom. The zero-order valence-electron chi connectivity index (χ0n) is 13.9. The number of hydrogen-bond donors (Lipinski definition) is 1. The molecule has 4 rings (SSSR count). The molecule has 2 heterocycles. The molecule has 1 amide bonds. The third-order valence-electron chi connectivity index (χ3n) is 4.78. The van der Waals surface area contributed by atoms with Gasteiger partial charge in [-0.2, -0.15) is 0 Å². The van der Waals surface area contributed by atoms with Gasteiger partial charge < -0.3 is 14.6 Å². The lowest BCUT2D eigenvalue weighted by Crippen LogP contribution is -2.35. The summed E-state index contributed by atoms with van der Waals surface area (Å²) in [5.41, 5.74) is 3.26. The predicted molar refractivity (Wildman–Crippen MR) is 98.8 cm³/mol. The molecule has 1 N–H and O–H groups in total. The number of fused-ring (bicyclic) bond motifs is 1. The average Bonchev–Trinajstić information content (AvgIpc) is 3.19. The number of carbonyl (C=O) groups is 1. The number of cyclic esters (lactones) is 1. The second kappa shape index (κ2) is 6.45. The van der Waals surface area contributed by atoms with E-state index in [4.69, 9.17) is 16.3 Å². The number of H-pyrrole nitrogens is 1. The second-order valence-corrected chi connectivity index (χ2v) is 6.93. The highest BCUT2D eigenvalue weighted by Gasteiger charge is 2.35. The van der Waals surface area contributed by atoms with Gasteiger partial charge in [0, 0.05) is 28.2 Å². The number of aromatic nitrogens is 1. The molecule has 0 aliphatic carbocycles. The monoisotopic (exact) mass is 354 g/mol. The summed E-state index contributed by atoms with van der Waals surface area (Å²) in [7, 11) is 0. The van der Waals surface area contributed by atoms with Crippen molar-refractivity contribution in [1.82, 2.24) is 9.88 Å². The van der Waals surface area contributed by atoms with Gasteiger partial charge in [0.25, 0.3) is 0 Å². The minimum atomic E-state index is -0.267. The fraction of sp³-hybridized carbons (Fsp3) is 0.250. The van der Waals surface area contributed by atoms with Crippen molar-refractivity contribution < 1.29 is 9.53 Å². The van der Waals surface area contributed by atoms with E-state index in [0.717, 1.165) is 17.5 Å². The van der Waals surface area contributed by atoms with Gasteiger partial charge in [-0.15, -0.1) is 0 Å². The Kier molecular flexibility index (Phi) is 4.14. The minimum absolute atomic E-state index is 0.0518. The summed E-state index contributed by atoms with van der Waals surface area (Å²) in [5, 5.41) is 1.85. The van der Waals surface area contributed by atoms with Crippen LogP contribution < -0.4 is 0 Å². The van der Waals surface area contributed by atoms with Crippen molar-refractivity contribution in [3.05, 3.63) is 70.9 Å². The van der Waals surface area contributed by atoms with E-state index in [-0.39, 0.29) is 18.2 Å². The number of nitrogens with zero attached hydrogens (tertiary/aromatic N) is 1. The van der Waals surface area contributed by atoms with Crippen molar-refractivity contribution in [2.75, 3.05) is 6.54 Å². The van der Waals surface area contributed by atoms with E-state index in [1.165, 1.54) is 10.9 Å². The quantitative estimate of drug-likeness (QED) is 0.720. The third-order valence-corrected chi connectivity index (χ3v) is 5.02. The molecule has 1 aliphatic rings. The largest absolute Gasteiger partial charge is 0.439 e. The highest BCUT2D eigenvalue weighted by Crippen LogP contribution is 2.30. The van der Waals surface area contributed by atoms with Crippen LogP contribution in [0.3, 0.4) is 0 Å². The maximum absolute atomic E-state index is 12.3. The standard InChI is InChI=1S/C20H19ClN2O2/c1-13(9-15-11-22-18-8-3-2-7-17(15)18)23-12-19(25-20(23)24)14-5-4-6-16(21)10-14/h2-8,10-11,13,19,22H,9,12H2,1H3/t13-,19+/m1/s1. The van der Waals surface area contributed by atoms with E-state index in [2.05, 4.69) is 24.0 Å². The minimum Gasteiger partial charge on any atom is -0.439 e. The van der Waals surface area contributed by atoms with Crippen LogP contribution in [0.15, 0.2) is 54.7 Å². The van der Waals surface area contributed by atoms with Gasteiger partial charge in [-0.1, -0.05) is 41.9 Å². The number of nitrogens with one attached hydrogen (secondary N) is 1. The Morgan fingerprint density at radius 1 is 1.28 bits per heavy atom. The van der Waals surface area contributed by atoms with E-state index >= 15 is 0 Å². The normalized spacial score (nSPS) is 18.6. The van der Waals surface area contributed by atoms with Crippen LogP contribution >= 0.6 is 11.6 Å². The van der Waals surface area contributed by atoms with Crippen molar-refractivity contribution >= 4 is 28.6 Å². The van der Waals surface area contributed by atoms with Crippen LogP contribution in [0.2, 0.25) is 5.02 Å². The molecule has 2 aromatic carbocycles. The molecule has 1 aromatic heterocycles. The highest BCUT2D eigenvalue weighted by molar-refractivity contribution is 6.30. The smallest absolute Gasteiger partial charge is 0.410 e. The van der Waals surface area contributed by atoms with E-state index in [1.807, 2.05) is 42.6 Å². The van der Waals surface area contributed by atoms with Crippen LogP contribution in [-0.4, -0.2) is 28.6 Å². The molecule has 1 saturated heterocycles. The average molecular weight is 355 g/mol. The molecule has 0 bridgehead atoms. The van der Waals surface area contributed by atoms with E-state index in [0.29, 0.717) is 11.6 Å². The van der Waals surface area contributed by atoms with Crippen LogP contribution in [-0.2, 0) is 11.2 Å². The number of hydrogen-bond acceptors (Lipinski definition) is 2. The van der Waals surface area contributed by atoms with Crippen LogP contribution in [0.4, 0.5) is 4.79 Å². The molecular weight excluding hydrogens is 336 g/mol. The molecule has 25 heavy (non-hydrogen) atoms. The Balaban J connectivity index is 1.50. The third kappa shape index (κ3) is 3.10. The number of aromatic amines is 1. The van der Waals surface area contributed by atoms with Crippen LogP contribution in [0.5, 0.6) is 0 Å². The molecule has 0 radical (unpaired) electrons. The van der Waals surface area contributed by atoms with E-state index in [1.54, 1.807) is 4.90 Å². The fourth-order valence-corrected chi connectivity index (χ4v) is 3.65. The van der Waals surface area contributed by atoms with Gasteiger partial charge in [-0.25, -0.2) is 4.79 Å². The highest BCUT2D eigenvalue weighted by atomic mass is 35.5. The number of carbonyl (C=O) groups excluding carboxylic acids is 1. The Labute approximate surface area is 151 Å². The zero-order valence-corrected chi connectivity index (χ0v) is 14.7. The first-order valence-electron chi connectivity index (χ1n) is 8.39. The summed E-state index contributed by atoms with van der Waals surface area (Å²) in [5.74, 6) is 0. The summed E-state index contributed by atoms with van der Waals surface area (Å²) < 4.78 is 5.56. The van der Waals surface area contributed by atoms with Crippen LogP contribution in [0.1, 0.15) is 24.2 Å². The summed E-state index contributed by atoms with van der Waals surface area (Å²) in [6.45, 7) is 2.60. The molecule has 0 saturated carbocycles. The Hall–Kier alpha value is -2.46. The SMILES string of the molecule is C[C@H](Cc1c[nH]c2ccccc12)N1C[C@@H](c2cccc(Cl)c2)OC1=O. The summed E-state index contributed by atoms with van der Waals surface area (Å²) in [6.07, 6.45) is 2.27. The second-order valence-electron chi connectivity index (χ2n) is 6.49. The van der Waals surface area contributed by atoms with Crippen molar-refractivity contribution in [2.24, 2.45) is 0 Å². The molecule has 0 unspecified atom stereocenters. The molecule has 4 nitrogen and oxygen atoms in total. The molecule has 0 spiro atoms. The van der Waals surface area contributed by atoms with Gasteiger partial charge in [-0.3, -0.25) is 0 Å². The number of halogens is 1. The predicted octanol–water partition coefficient (Wildman–Crippen LogP) is 4.95. The number of benzene rings is 2. The lowest BCUT2D eigenvalue weighted by atomic mass is 10.0. The van der Waals surface area contributed by atoms with E-state index in [9.17, 15) is 4.79 Å².